The first kappa shape index (κ1) is 18.5. The lowest BCUT2D eigenvalue weighted by Gasteiger charge is -2.41. The average molecular weight is 402 g/mol. The molecule has 1 aromatic rings. The topological polar surface area (TPSA) is 46.6 Å². The fourth-order valence-corrected chi connectivity index (χ4v) is 4.24. The summed E-state index contributed by atoms with van der Waals surface area (Å²) >= 11 is 4.82. The lowest BCUT2D eigenvalue weighted by atomic mass is 9.93. The van der Waals surface area contributed by atoms with Crippen LogP contribution in [0.5, 0.6) is 0 Å². The third-order valence-electron chi connectivity index (χ3n) is 3.90. The molecular weight excluding hydrogens is 378 g/mol. The maximum atomic E-state index is 12.5. The summed E-state index contributed by atoms with van der Waals surface area (Å²) in [5, 5.41) is 0. The second-order valence-electron chi connectivity index (χ2n) is 7.05. The zero-order valence-corrected chi connectivity index (χ0v) is 16.5. The van der Waals surface area contributed by atoms with E-state index in [0.29, 0.717) is 6.42 Å². The molecule has 0 aliphatic carbocycles. The quantitative estimate of drug-likeness (QED) is 0.648. The normalized spacial score (nSPS) is 22.0. The molecule has 0 radical (unpaired) electrons. The number of ether oxygens (including phenoxy) is 1. The fourth-order valence-electron chi connectivity index (χ4n) is 2.91. The summed E-state index contributed by atoms with van der Waals surface area (Å²) in [6.45, 7) is 7.62. The van der Waals surface area contributed by atoms with Crippen LogP contribution >= 0.6 is 27.3 Å². The van der Waals surface area contributed by atoms with Gasteiger partial charge in [-0.2, -0.15) is 0 Å². The maximum Gasteiger partial charge on any atom is 0.410 e. The van der Waals surface area contributed by atoms with Crippen molar-refractivity contribution in [3.63, 3.8) is 0 Å². The smallest absolute Gasteiger partial charge is 0.410 e. The molecule has 1 aliphatic heterocycles. The van der Waals surface area contributed by atoms with Crippen LogP contribution in [0.15, 0.2) is 15.9 Å². The predicted molar refractivity (Wildman–Crippen MR) is 96.1 cm³/mol. The highest BCUT2D eigenvalue weighted by molar-refractivity contribution is 9.11. The predicted octanol–water partition coefficient (Wildman–Crippen LogP) is 5.26. The number of ketones is 1. The molecule has 1 amide bonds. The van der Waals surface area contributed by atoms with Crippen LogP contribution in [0.2, 0.25) is 0 Å². The summed E-state index contributed by atoms with van der Waals surface area (Å²) in [4.78, 5) is 27.5. The number of Topliss-reactive ketones (excluding diaryl/α,β-unsaturated/α-hetero) is 1. The van der Waals surface area contributed by atoms with E-state index in [4.69, 9.17) is 4.74 Å². The molecule has 4 nitrogen and oxygen atoms in total. The van der Waals surface area contributed by atoms with Crippen LogP contribution in [0.3, 0.4) is 0 Å². The van der Waals surface area contributed by atoms with Crippen LogP contribution in [0.25, 0.3) is 0 Å². The van der Waals surface area contributed by atoms with Crippen molar-refractivity contribution >= 4 is 39.1 Å². The molecule has 1 saturated heterocycles. The zero-order chi connectivity index (χ0) is 17.2. The molecule has 23 heavy (non-hydrogen) atoms. The molecule has 0 aromatic carbocycles. The molecule has 0 saturated carbocycles. The number of hydrogen-bond acceptors (Lipinski definition) is 4. The van der Waals surface area contributed by atoms with Crippen LogP contribution in [0.4, 0.5) is 4.79 Å². The Morgan fingerprint density at radius 1 is 1.35 bits per heavy atom. The van der Waals surface area contributed by atoms with E-state index in [0.717, 1.165) is 27.9 Å². The number of piperidine rings is 1. The first-order valence-corrected chi connectivity index (χ1v) is 9.58. The molecule has 6 heteroatoms. The first-order chi connectivity index (χ1) is 10.7. The van der Waals surface area contributed by atoms with E-state index in [9.17, 15) is 9.59 Å². The number of likely N-dealkylation sites (tertiary alicyclic amines) is 1. The van der Waals surface area contributed by atoms with Gasteiger partial charge in [-0.1, -0.05) is 0 Å². The van der Waals surface area contributed by atoms with E-state index >= 15 is 0 Å². The second-order valence-corrected chi connectivity index (χ2v) is 9.52. The van der Waals surface area contributed by atoms with E-state index in [2.05, 4.69) is 15.9 Å². The monoisotopic (exact) mass is 401 g/mol. The van der Waals surface area contributed by atoms with Crippen molar-refractivity contribution in [3.8, 4) is 0 Å². The average Bonchev–Trinajstić information content (AvgIpc) is 2.83. The van der Waals surface area contributed by atoms with Gasteiger partial charge in [0.2, 0.25) is 0 Å². The van der Waals surface area contributed by atoms with Gasteiger partial charge >= 0.3 is 6.09 Å². The third kappa shape index (κ3) is 5.05. The number of hydrogen-bond donors (Lipinski definition) is 0. The Bertz CT molecular complexity index is 579. The van der Waals surface area contributed by atoms with Gasteiger partial charge in [-0.15, -0.1) is 11.3 Å². The fraction of sp³-hybridized carbons (Fsp3) is 0.647. The lowest BCUT2D eigenvalue weighted by molar-refractivity contribution is -0.00303. The van der Waals surface area contributed by atoms with Gasteiger partial charge < -0.3 is 9.64 Å². The summed E-state index contributed by atoms with van der Waals surface area (Å²) in [5.41, 5.74) is -0.526. The molecular formula is C17H24BrNO3S. The van der Waals surface area contributed by atoms with Crippen molar-refractivity contribution in [2.75, 3.05) is 0 Å². The van der Waals surface area contributed by atoms with Crippen molar-refractivity contribution in [1.29, 1.82) is 0 Å². The van der Waals surface area contributed by atoms with Crippen molar-refractivity contribution in [1.82, 2.24) is 4.90 Å². The van der Waals surface area contributed by atoms with Gasteiger partial charge in [0.15, 0.2) is 5.78 Å². The molecule has 1 fully saturated rings. The van der Waals surface area contributed by atoms with Gasteiger partial charge in [-0.25, -0.2) is 4.79 Å². The molecule has 2 rings (SSSR count). The molecule has 128 valence electrons. The van der Waals surface area contributed by atoms with Crippen molar-refractivity contribution in [2.45, 2.75) is 71.1 Å². The standard InChI is InChI=1S/C17H24BrNO3S/c1-11-6-5-7-12(19(11)16(21)22-17(2,3)4)10-13(20)14-8-9-15(18)23-14/h8-9,11-12H,5-7,10H2,1-4H3. The Kier molecular flexibility index (Phi) is 5.89. The summed E-state index contributed by atoms with van der Waals surface area (Å²) in [6, 6.07) is 3.74. The van der Waals surface area contributed by atoms with Crippen LogP contribution in [-0.4, -0.2) is 34.5 Å². The van der Waals surface area contributed by atoms with Crippen LogP contribution in [-0.2, 0) is 4.74 Å². The number of halogens is 1. The van der Waals surface area contributed by atoms with Crippen LogP contribution < -0.4 is 0 Å². The van der Waals surface area contributed by atoms with Gasteiger partial charge in [0, 0.05) is 18.5 Å². The summed E-state index contributed by atoms with van der Waals surface area (Å²) in [5.74, 6) is 0.0911. The molecule has 0 N–H and O–H groups in total. The number of nitrogens with zero attached hydrogens (tertiary/aromatic N) is 1. The van der Waals surface area contributed by atoms with E-state index in [1.54, 1.807) is 4.90 Å². The Balaban J connectivity index is 2.10. The van der Waals surface area contributed by atoms with Gasteiger partial charge in [0.25, 0.3) is 0 Å². The zero-order valence-electron chi connectivity index (χ0n) is 14.1. The van der Waals surface area contributed by atoms with E-state index < -0.39 is 5.60 Å². The molecule has 1 aliphatic rings. The van der Waals surface area contributed by atoms with Gasteiger partial charge in [-0.05, 0) is 75.0 Å². The minimum atomic E-state index is -0.526. The maximum absolute atomic E-state index is 12.5. The summed E-state index contributed by atoms with van der Waals surface area (Å²) < 4.78 is 6.49. The highest BCUT2D eigenvalue weighted by atomic mass is 79.9. The van der Waals surface area contributed by atoms with Crippen molar-refractivity contribution in [2.24, 2.45) is 0 Å². The van der Waals surface area contributed by atoms with Gasteiger partial charge in [-0.3, -0.25) is 4.79 Å². The van der Waals surface area contributed by atoms with E-state index in [-0.39, 0.29) is 24.0 Å². The Labute approximate surface area is 150 Å². The first-order valence-electron chi connectivity index (χ1n) is 7.97. The molecule has 2 unspecified atom stereocenters. The van der Waals surface area contributed by atoms with E-state index in [1.807, 2.05) is 39.8 Å². The molecule has 2 atom stereocenters. The van der Waals surface area contributed by atoms with Gasteiger partial charge in [0.05, 0.1) is 8.66 Å². The molecule has 0 bridgehead atoms. The third-order valence-corrected chi connectivity index (χ3v) is 5.57. The van der Waals surface area contributed by atoms with Crippen molar-refractivity contribution < 1.29 is 14.3 Å². The molecule has 0 spiro atoms. The number of amides is 1. The number of carbonyl (C=O) groups is 2. The largest absolute Gasteiger partial charge is 0.444 e. The highest BCUT2D eigenvalue weighted by Crippen LogP contribution is 2.30. The number of thiophene rings is 1. The summed E-state index contributed by atoms with van der Waals surface area (Å²) in [6.07, 6.45) is 2.88. The Morgan fingerprint density at radius 3 is 2.61 bits per heavy atom. The van der Waals surface area contributed by atoms with Gasteiger partial charge in [0.1, 0.15) is 5.60 Å². The number of carbonyl (C=O) groups excluding carboxylic acids is 2. The van der Waals surface area contributed by atoms with E-state index in [1.165, 1.54) is 11.3 Å². The summed E-state index contributed by atoms with van der Waals surface area (Å²) in [7, 11) is 0. The Hall–Kier alpha value is -0.880. The Morgan fingerprint density at radius 2 is 2.04 bits per heavy atom. The highest BCUT2D eigenvalue weighted by Gasteiger charge is 2.36. The molecule has 1 aromatic heterocycles. The van der Waals surface area contributed by atoms with Crippen LogP contribution in [0.1, 0.15) is 63.0 Å². The molecule has 2 heterocycles. The SMILES string of the molecule is CC1CCCC(CC(=O)c2ccc(Br)s2)N1C(=O)OC(C)(C)C. The number of rotatable bonds is 3. The van der Waals surface area contributed by atoms with Crippen molar-refractivity contribution in [3.05, 3.63) is 20.8 Å². The lowest BCUT2D eigenvalue weighted by Crippen LogP contribution is -2.51. The minimum absolute atomic E-state index is 0.0815. The minimum Gasteiger partial charge on any atom is -0.444 e. The second kappa shape index (κ2) is 7.34. The van der Waals surface area contributed by atoms with Crippen LogP contribution in [0, 0.1) is 0 Å².